The third-order valence-corrected chi connectivity index (χ3v) is 5.94. The highest BCUT2D eigenvalue weighted by molar-refractivity contribution is 7.85. The summed E-state index contributed by atoms with van der Waals surface area (Å²) in [6.07, 6.45) is 3.46. The maximum absolute atomic E-state index is 12.5. The molecule has 122 valence electrons. The second kappa shape index (κ2) is 7.38. The number of amides is 1. The van der Waals surface area contributed by atoms with Crippen molar-refractivity contribution in [2.45, 2.75) is 50.5 Å². The minimum Gasteiger partial charge on any atom is -0.392 e. The standard InChI is InChI=1S/C17H25NO3S/c1-3-22(21)14-9-5-4-8-13(14)16(20)18-12-17(2)11-7-6-10-15(17)19/h4-5,8-9,15,19H,3,6-7,10-12H2,1-2H3,(H,18,20). The Morgan fingerprint density at radius 2 is 2.14 bits per heavy atom. The average Bonchev–Trinajstić information content (AvgIpc) is 2.55. The van der Waals surface area contributed by atoms with Crippen molar-refractivity contribution in [3.63, 3.8) is 0 Å². The molecule has 1 fully saturated rings. The van der Waals surface area contributed by atoms with E-state index in [0.29, 0.717) is 22.8 Å². The molecule has 22 heavy (non-hydrogen) atoms. The number of aliphatic hydroxyl groups is 1. The smallest absolute Gasteiger partial charge is 0.252 e. The Morgan fingerprint density at radius 1 is 1.41 bits per heavy atom. The monoisotopic (exact) mass is 323 g/mol. The number of carbonyl (C=O) groups is 1. The van der Waals surface area contributed by atoms with Crippen LogP contribution in [0.2, 0.25) is 0 Å². The van der Waals surface area contributed by atoms with Crippen molar-refractivity contribution >= 4 is 16.7 Å². The van der Waals surface area contributed by atoms with Gasteiger partial charge >= 0.3 is 0 Å². The molecule has 1 aromatic carbocycles. The van der Waals surface area contributed by atoms with Gasteiger partial charge in [-0.05, 0) is 25.0 Å². The molecule has 1 amide bonds. The first-order valence-electron chi connectivity index (χ1n) is 7.91. The predicted octanol–water partition coefficient (Wildman–Crippen LogP) is 2.49. The van der Waals surface area contributed by atoms with Crippen molar-refractivity contribution in [1.82, 2.24) is 5.32 Å². The SMILES string of the molecule is CCS(=O)c1ccccc1C(=O)NCC1(C)CCCCC1O. The molecule has 1 aromatic rings. The third kappa shape index (κ3) is 3.76. The normalized spacial score (nSPS) is 26.4. The summed E-state index contributed by atoms with van der Waals surface area (Å²) < 4.78 is 12.1. The highest BCUT2D eigenvalue weighted by Gasteiger charge is 2.35. The molecule has 0 heterocycles. The lowest BCUT2D eigenvalue weighted by Gasteiger charge is -2.38. The second-order valence-corrected chi connectivity index (χ2v) is 7.94. The van der Waals surface area contributed by atoms with Crippen LogP contribution in [0.25, 0.3) is 0 Å². The van der Waals surface area contributed by atoms with E-state index >= 15 is 0 Å². The largest absolute Gasteiger partial charge is 0.392 e. The van der Waals surface area contributed by atoms with Gasteiger partial charge in [0, 0.05) is 17.7 Å². The zero-order valence-corrected chi connectivity index (χ0v) is 14.1. The topological polar surface area (TPSA) is 66.4 Å². The van der Waals surface area contributed by atoms with Gasteiger partial charge in [-0.1, -0.05) is 38.8 Å². The van der Waals surface area contributed by atoms with E-state index < -0.39 is 10.8 Å². The number of carbonyl (C=O) groups excluding carboxylic acids is 1. The summed E-state index contributed by atoms with van der Waals surface area (Å²) in [4.78, 5) is 13.0. The van der Waals surface area contributed by atoms with Crippen LogP contribution in [0.15, 0.2) is 29.2 Å². The molecule has 0 aliphatic heterocycles. The Morgan fingerprint density at radius 3 is 2.82 bits per heavy atom. The highest BCUT2D eigenvalue weighted by atomic mass is 32.2. The number of nitrogens with one attached hydrogen (secondary N) is 1. The third-order valence-electron chi connectivity index (χ3n) is 4.57. The van der Waals surface area contributed by atoms with Crippen LogP contribution in [0.5, 0.6) is 0 Å². The summed E-state index contributed by atoms with van der Waals surface area (Å²) in [5.74, 6) is 0.275. The van der Waals surface area contributed by atoms with Gasteiger partial charge in [0.15, 0.2) is 0 Å². The van der Waals surface area contributed by atoms with Crippen LogP contribution in [0.4, 0.5) is 0 Å². The molecule has 1 aliphatic rings. The van der Waals surface area contributed by atoms with Gasteiger partial charge in [-0.15, -0.1) is 0 Å². The molecule has 1 saturated carbocycles. The van der Waals surface area contributed by atoms with Crippen LogP contribution < -0.4 is 5.32 Å². The fourth-order valence-electron chi connectivity index (χ4n) is 2.97. The molecular weight excluding hydrogens is 298 g/mol. The van der Waals surface area contributed by atoms with Crippen LogP contribution in [0.1, 0.15) is 49.9 Å². The lowest BCUT2D eigenvalue weighted by Crippen LogP contribution is -2.45. The summed E-state index contributed by atoms with van der Waals surface area (Å²) in [6, 6.07) is 7.03. The van der Waals surface area contributed by atoms with Crippen molar-refractivity contribution in [2.75, 3.05) is 12.3 Å². The van der Waals surface area contributed by atoms with Crippen molar-refractivity contribution < 1.29 is 14.1 Å². The fraction of sp³-hybridized carbons (Fsp3) is 0.588. The number of hydrogen-bond acceptors (Lipinski definition) is 3. The molecule has 2 rings (SSSR count). The zero-order chi connectivity index (χ0) is 16.2. The van der Waals surface area contributed by atoms with E-state index in [1.165, 1.54) is 0 Å². The van der Waals surface area contributed by atoms with E-state index in [-0.39, 0.29) is 17.4 Å². The van der Waals surface area contributed by atoms with Crippen molar-refractivity contribution in [2.24, 2.45) is 5.41 Å². The highest BCUT2D eigenvalue weighted by Crippen LogP contribution is 2.35. The Labute approximate surface area is 134 Å². The van der Waals surface area contributed by atoms with Crippen molar-refractivity contribution in [3.8, 4) is 0 Å². The first-order chi connectivity index (χ1) is 10.5. The van der Waals surface area contributed by atoms with E-state index in [9.17, 15) is 14.1 Å². The maximum atomic E-state index is 12.5. The van der Waals surface area contributed by atoms with Gasteiger partial charge in [-0.25, -0.2) is 0 Å². The lowest BCUT2D eigenvalue weighted by molar-refractivity contribution is 0.00188. The fourth-order valence-corrected chi connectivity index (χ4v) is 3.92. The van der Waals surface area contributed by atoms with Gasteiger partial charge in [0.25, 0.3) is 5.91 Å². The summed E-state index contributed by atoms with van der Waals surface area (Å²) in [6.45, 7) is 4.30. The molecule has 3 unspecified atom stereocenters. The number of benzene rings is 1. The van der Waals surface area contributed by atoms with E-state index in [0.717, 1.165) is 25.7 Å². The summed E-state index contributed by atoms with van der Waals surface area (Å²) >= 11 is 0. The molecule has 5 heteroatoms. The van der Waals surface area contributed by atoms with Gasteiger partial charge < -0.3 is 10.4 Å². The van der Waals surface area contributed by atoms with Gasteiger partial charge in [0.1, 0.15) is 0 Å². The molecule has 3 atom stereocenters. The Hall–Kier alpha value is -1.20. The zero-order valence-electron chi connectivity index (χ0n) is 13.3. The quantitative estimate of drug-likeness (QED) is 0.875. The second-order valence-electron chi connectivity index (χ2n) is 6.23. The van der Waals surface area contributed by atoms with Crippen LogP contribution in [-0.4, -0.2) is 33.6 Å². The minimum absolute atomic E-state index is 0.212. The van der Waals surface area contributed by atoms with Crippen LogP contribution in [0, 0.1) is 5.41 Å². The first-order valence-corrected chi connectivity index (χ1v) is 9.23. The number of aliphatic hydroxyl groups excluding tert-OH is 1. The number of hydrogen-bond donors (Lipinski definition) is 2. The van der Waals surface area contributed by atoms with Gasteiger partial charge in [-0.3, -0.25) is 9.00 Å². The summed E-state index contributed by atoms with van der Waals surface area (Å²) in [5.41, 5.74) is 0.198. The summed E-state index contributed by atoms with van der Waals surface area (Å²) in [5, 5.41) is 13.1. The molecule has 0 aromatic heterocycles. The van der Waals surface area contributed by atoms with Gasteiger partial charge in [-0.2, -0.15) is 0 Å². The molecule has 0 radical (unpaired) electrons. The molecule has 2 N–H and O–H groups in total. The van der Waals surface area contributed by atoms with Gasteiger partial charge in [0.05, 0.1) is 27.4 Å². The minimum atomic E-state index is -1.16. The summed E-state index contributed by atoms with van der Waals surface area (Å²) in [7, 11) is -1.16. The molecule has 4 nitrogen and oxygen atoms in total. The van der Waals surface area contributed by atoms with E-state index in [1.807, 2.05) is 13.8 Å². The van der Waals surface area contributed by atoms with E-state index in [2.05, 4.69) is 5.32 Å². The average molecular weight is 323 g/mol. The van der Waals surface area contributed by atoms with Crippen molar-refractivity contribution in [1.29, 1.82) is 0 Å². The Balaban J connectivity index is 2.08. The van der Waals surface area contributed by atoms with E-state index in [1.54, 1.807) is 24.3 Å². The molecule has 1 aliphatic carbocycles. The number of rotatable bonds is 5. The Kier molecular flexibility index (Phi) is 5.75. The van der Waals surface area contributed by atoms with Crippen LogP contribution in [0.3, 0.4) is 0 Å². The van der Waals surface area contributed by atoms with Gasteiger partial charge in [0.2, 0.25) is 0 Å². The molecule has 0 bridgehead atoms. The first kappa shape index (κ1) is 17.2. The van der Waals surface area contributed by atoms with Crippen LogP contribution >= 0.6 is 0 Å². The van der Waals surface area contributed by atoms with Crippen molar-refractivity contribution in [3.05, 3.63) is 29.8 Å². The Bertz CT molecular complexity index is 561. The molecule has 0 spiro atoms. The lowest BCUT2D eigenvalue weighted by atomic mass is 9.73. The van der Waals surface area contributed by atoms with Crippen LogP contribution in [-0.2, 0) is 10.8 Å². The molecular formula is C17H25NO3S. The maximum Gasteiger partial charge on any atom is 0.252 e. The van der Waals surface area contributed by atoms with E-state index in [4.69, 9.17) is 0 Å². The predicted molar refractivity (Wildman–Crippen MR) is 88.3 cm³/mol. The molecule has 0 saturated heterocycles.